The third kappa shape index (κ3) is 2.19. The number of rotatable bonds is 2. The van der Waals surface area contributed by atoms with Gasteiger partial charge in [0.05, 0.1) is 5.52 Å². The topological polar surface area (TPSA) is 68.4 Å². The highest BCUT2D eigenvalue weighted by atomic mass is 16.6. The first-order valence-electron chi connectivity index (χ1n) is 6.08. The molecule has 0 bridgehead atoms. The van der Waals surface area contributed by atoms with Crippen LogP contribution in [0.3, 0.4) is 0 Å². The van der Waals surface area contributed by atoms with Gasteiger partial charge in [-0.1, -0.05) is 0 Å². The van der Waals surface area contributed by atoms with Gasteiger partial charge in [-0.25, -0.2) is 0 Å². The number of ketones is 1. The number of nitrogens with one attached hydrogen (secondary N) is 1. The van der Waals surface area contributed by atoms with Gasteiger partial charge in [-0.2, -0.15) is 0 Å². The van der Waals surface area contributed by atoms with Crippen molar-refractivity contribution in [1.82, 2.24) is 4.98 Å². The molecule has 5 nitrogen and oxygen atoms in total. The molecule has 0 radical (unpaired) electrons. The van der Waals surface area contributed by atoms with Gasteiger partial charge in [0, 0.05) is 23.4 Å². The lowest BCUT2D eigenvalue weighted by molar-refractivity contribution is -0.116. The Balaban J connectivity index is 2.16. The van der Waals surface area contributed by atoms with Crippen molar-refractivity contribution in [2.45, 2.75) is 13.3 Å². The van der Waals surface area contributed by atoms with Crippen LogP contribution in [0.4, 0.5) is 0 Å². The molecule has 1 aromatic carbocycles. The Bertz CT molecular complexity index is 717. The Labute approximate surface area is 109 Å². The molecule has 1 aliphatic rings. The molecular formula is C14H13NO4. The van der Waals surface area contributed by atoms with Gasteiger partial charge in [0.25, 0.3) is 5.56 Å². The van der Waals surface area contributed by atoms with Gasteiger partial charge in [0.2, 0.25) is 0 Å². The normalized spacial score (nSPS) is 13.5. The number of ether oxygens (including phenoxy) is 2. The number of carbonyl (C=O) groups excluding carboxylic acids is 1. The molecule has 0 unspecified atom stereocenters. The summed E-state index contributed by atoms with van der Waals surface area (Å²) >= 11 is 0. The average Bonchev–Trinajstić information content (AvgIpc) is 2.37. The van der Waals surface area contributed by atoms with Crippen molar-refractivity contribution in [1.29, 1.82) is 0 Å². The Hall–Kier alpha value is -2.30. The van der Waals surface area contributed by atoms with Gasteiger partial charge in [0.15, 0.2) is 11.5 Å². The van der Waals surface area contributed by atoms with Crippen LogP contribution in [-0.4, -0.2) is 24.0 Å². The molecule has 0 fully saturated rings. The highest BCUT2D eigenvalue weighted by Gasteiger charge is 2.14. The summed E-state index contributed by atoms with van der Waals surface area (Å²) in [5.74, 6) is 1.26. The zero-order chi connectivity index (χ0) is 13.4. The minimum atomic E-state index is -0.237. The molecule has 5 heteroatoms. The van der Waals surface area contributed by atoms with E-state index in [1.54, 1.807) is 12.1 Å². The molecule has 2 aromatic rings. The standard InChI is InChI=1S/C14H13NO4/c1-8(16)4-10-5-9-6-12-13(19-3-2-18-12)7-11(9)15-14(10)17/h5-7H,2-4H2,1H3,(H,15,17). The second-order valence-electron chi connectivity index (χ2n) is 4.59. The summed E-state index contributed by atoms with van der Waals surface area (Å²) in [6.45, 7) is 2.49. The van der Waals surface area contributed by atoms with E-state index in [1.165, 1.54) is 6.92 Å². The van der Waals surface area contributed by atoms with Crippen molar-refractivity contribution in [2.75, 3.05) is 13.2 Å². The second-order valence-corrected chi connectivity index (χ2v) is 4.59. The van der Waals surface area contributed by atoms with Crippen molar-refractivity contribution in [3.8, 4) is 11.5 Å². The molecule has 2 heterocycles. The largest absolute Gasteiger partial charge is 0.486 e. The van der Waals surface area contributed by atoms with E-state index in [0.717, 1.165) is 5.39 Å². The fourth-order valence-electron chi connectivity index (χ4n) is 2.19. The average molecular weight is 259 g/mol. The van der Waals surface area contributed by atoms with Crippen molar-refractivity contribution in [2.24, 2.45) is 0 Å². The maximum Gasteiger partial charge on any atom is 0.252 e. The molecule has 0 spiro atoms. The van der Waals surface area contributed by atoms with Crippen LogP contribution in [0.1, 0.15) is 12.5 Å². The minimum absolute atomic E-state index is 0.0395. The monoisotopic (exact) mass is 259 g/mol. The van der Waals surface area contributed by atoms with Gasteiger partial charge >= 0.3 is 0 Å². The number of hydrogen-bond donors (Lipinski definition) is 1. The van der Waals surface area contributed by atoms with E-state index >= 15 is 0 Å². The second kappa shape index (κ2) is 4.42. The van der Waals surface area contributed by atoms with E-state index in [9.17, 15) is 9.59 Å². The quantitative estimate of drug-likeness (QED) is 0.885. The third-order valence-corrected chi connectivity index (χ3v) is 3.02. The molecule has 0 amide bonds. The van der Waals surface area contributed by atoms with Gasteiger partial charge in [0.1, 0.15) is 19.0 Å². The number of Topliss-reactive ketones (excluding diaryl/α,β-unsaturated/α-hetero) is 1. The number of carbonyl (C=O) groups is 1. The predicted molar refractivity (Wildman–Crippen MR) is 69.9 cm³/mol. The molecule has 19 heavy (non-hydrogen) atoms. The van der Waals surface area contributed by atoms with Crippen molar-refractivity contribution in [3.05, 3.63) is 34.1 Å². The van der Waals surface area contributed by atoms with E-state index in [4.69, 9.17) is 9.47 Å². The van der Waals surface area contributed by atoms with Crippen LogP contribution >= 0.6 is 0 Å². The minimum Gasteiger partial charge on any atom is -0.486 e. The van der Waals surface area contributed by atoms with E-state index in [1.807, 2.05) is 6.07 Å². The summed E-state index contributed by atoms with van der Waals surface area (Å²) < 4.78 is 11.0. The van der Waals surface area contributed by atoms with Crippen LogP contribution in [0.2, 0.25) is 0 Å². The summed E-state index contributed by atoms with van der Waals surface area (Å²) in [5.41, 5.74) is 0.914. The van der Waals surface area contributed by atoms with E-state index in [-0.39, 0.29) is 17.8 Å². The van der Waals surface area contributed by atoms with Crippen molar-refractivity contribution < 1.29 is 14.3 Å². The summed E-state index contributed by atoms with van der Waals surface area (Å²) in [4.78, 5) is 25.8. The first-order chi connectivity index (χ1) is 9.13. The molecule has 98 valence electrons. The van der Waals surface area contributed by atoms with Crippen molar-refractivity contribution >= 4 is 16.7 Å². The maximum absolute atomic E-state index is 11.9. The molecule has 0 aliphatic carbocycles. The highest BCUT2D eigenvalue weighted by Crippen LogP contribution is 2.33. The third-order valence-electron chi connectivity index (χ3n) is 3.02. The summed E-state index contributed by atoms with van der Waals surface area (Å²) in [5, 5.41) is 0.833. The van der Waals surface area contributed by atoms with E-state index in [2.05, 4.69) is 4.98 Å². The highest BCUT2D eigenvalue weighted by molar-refractivity contribution is 5.85. The molecule has 1 aromatic heterocycles. The fraction of sp³-hybridized carbons (Fsp3) is 0.286. The summed E-state index contributed by atoms with van der Waals surface area (Å²) in [6.07, 6.45) is 0.139. The molecule has 0 saturated heterocycles. The number of H-pyrrole nitrogens is 1. The van der Waals surface area contributed by atoms with Crippen LogP contribution in [0, 0.1) is 0 Å². The Morgan fingerprint density at radius 3 is 2.58 bits per heavy atom. The van der Waals surface area contributed by atoms with Crippen LogP contribution in [-0.2, 0) is 11.2 Å². The smallest absolute Gasteiger partial charge is 0.252 e. The van der Waals surface area contributed by atoms with Crippen LogP contribution in [0.5, 0.6) is 11.5 Å². The lowest BCUT2D eigenvalue weighted by Crippen LogP contribution is -2.17. The fourth-order valence-corrected chi connectivity index (χ4v) is 2.19. The first kappa shape index (κ1) is 11.8. The van der Waals surface area contributed by atoms with Gasteiger partial charge in [-0.05, 0) is 19.1 Å². The Morgan fingerprint density at radius 2 is 1.89 bits per heavy atom. The number of fused-ring (bicyclic) bond motifs is 2. The SMILES string of the molecule is CC(=O)Cc1cc2cc3c(cc2[nH]c1=O)OCCO3. The number of aromatic amines is 1. The maximum atomic E-state index is 11.9. The van der Waals surface area contributed by atoms with Gasteiger partial charge < -0.3 is 14.5 Å². The molecule has 1 N–H and O–H groups in total. The van der Waals surface area contributed by atoms with Crippen molar-refractivity contribution in [3.63, 3.8) is 0 Å². The number of benzene rings is 1. The van der Waals surface area contributed by atoms with Gasteiger partial charge in [-0.15, -0.1) is 0 Å². The number of hydrogen-bond acceptors (Lipinski definition) is 4. The summed E-state index contributed by atoms with van der Waals surface area (Å²) in [7, 11) is 0. The van der Waals surface area contributed by atoms with Crippen LogP contribution < -0.4 is 15.0 Å². The summed E-state index contributed by atoms with van der Waals surface area (Å²) in [6, 6.07) is 5.31. The predicted octanol–water partition coefficient (Wildman–Crippen LogP) is 1.43. The zero-order valence-corrected chi connectivity index (χ0v) is 10.5. The lowest BCUT2D eigenvalue weighted by Gasteiger charge is -2.18. The Morgan fingerprint density at radius 1 is 1.21 bits per heavy atom. The molecule has 3 rings (SSSR count). The molecule has 0 atom stereocenters. The Kier molecular flexibility index (Phi) is 2.74. The first-order valence-corrected chi connectivity index (χ1v) is 6.08. The van der Waals surface area contributed by atoms with E-state index in [0.29, 0.717) is 35.8 Å². The van der Waals surface area contributed by atoms with Crippen LogP contribution in [0.15, 0.2) is 23.0 Å². The van der Waals surface area contributed by atoms with E-state index < -0.39 is 0 Å². The van der Waals surface area contributed by atoms with Crippen LogP contribution in [0.25, 0.3) is 10.9 Å². The molecular weight excluding hydrogens is 246 g/mol. The number of pyridine rings is 1. The van der Waals surface area contributed by atoms with Gasteiger partial charge in [-0.3, -0.25) is 9.59 Å². The number of aromatic nitrogens is 1. The lowest BCUT2D eigenvalue weighted by atomic mass is 10.1. The molecule has 0 saturated carbocycles. The zero-order valence-electron chi connectivity index (χ0n) is 10.5. The molecule has 1 aliphatic heterocycles.